The lowest BCUT2D eigenvalue weighted by Gasteiger charge is -2.25. The third kappa shape index (κ3) is 3.41. The Bertz CT molecular complexity index is 449. The number of hydrogen-bond acceptors (Lipinski definition) is 3. The Hall–Kier alpha value is -1.32. The van der Waals surface area contributed by atoms with Crippen LogP contribution in [-0.4, -0.2) is 12.9 Å². The average Bonchev–Trinajstić information content (AvgIpc) is 2.55. The van der Waals surface area contributed by atoms with Gasteiger partial charge in [-0.25, -0.2) is 0 Å². The van der Waals surface area contributed by atoms with E-state index in [4.69, 9.17) is 14.2 Å². The molecule has 2 atom stereocenters. The third-order valence-electron chi connectivity index (χ3n) is 3.90. The summed E-state index contributed by atoms with van der Waals surface area (Å²) in [5.41, 5.74) is 2.45. The van der Waals surface area contributed by atoms with E-state index in [1.165, 1.54) is 17.5 Å². The largest absolute Gasteiger partial charge is 0.494 e. The van der Waals surface area contributed by atoms with Crippen LogP contribution < -0.4 is 0 Å². The SMILES string of the molecule is C1=COC(c2ccccc2COC2CCCCO2)CC1. The molecule has 0 amide bonds. The molecule has 2 unspecified atom stereocenters. The number of hydrogen-bond donors (Lipinski definition) is 0. The molecule has 1 saturated heterocycles. The Morgan fingerprint density at radius 2 is 2.10 bits per heavy atom. The molecule has 108 valence electrons. The summed E-state index contributed by atoms with van der Waals surface area (Å²) in [5, 5.41) is 0. The second kappa shape index (κ2) is 6.91. The Kier molecular flexibility index (Phi) is 4.72. The fourth-order valence-electron chi connectivity index (χ4n) is 2.77. The molecular weight excluding hydrogens is 252 g/mol. The summed E-state index contributed by atoms with van der Waals surface area (Å²) < 4.78 is 17.3. The molecule has 0 radical (unpaired) electrons. The molecule has 1 aromatic rings. The van der Waals surface area contributed by atoms with Crippen molar-refractivity contribution in [2.75, 3.05) is 6.61 Å². The highest BCUT2D eigenvalue weighted by molar-refractivity contribution is 5.29. The Balaban J connectivity index is 1.64. The molecule has 2 aliphatic heterocycles. The lowest BCUT2D eigenvalue weighted by Crippen LogP contribution is -2.22. The van der Waals surface area contributed by atoms with E-state index in [0.717, 1.165) is 32.3 Å². The first-order chi connectivity index (χ1) is 9.93. The minimum absolute atomic E-state index is 0.0380. The molecule has 2 heterocycles. The van der Waals surface area contributed by atoms with Crippen molar-refractivity contribution in [1.82, 2.24) is 0 Å². The Labute approximate surface area is 120 Å². The van der Waals surface area contributed by atoms with Crippen molar-refractivity contribution in [3.05, 3.63) is 47.7 Å². The molecule has 0 spiro atoms. The van der Waals surface area contributed by atoms with Gasteiger partial charge in [-0.1, -0.05) is 24.3 Å². The fraction of sp³-hybridized carbons (Fsp3) is 0.529. The topological polar surface area (TPSA) is 27.7 Å². The van der Waals surface area contributed by atoms with Crippen LogP contribution in [0.1, 0.15) is 49.3 Å². The molecule has 0 N–H and O–H groups in total. The normalized spacial score (nSPS) is 26.2. The van der Waals surface area contributed by atoms with Gasteiger partial charge in [0.25, 0.3) is 0 Å². The number of rotatable bonds is 4. The van der Waals surface area contributed by atoms with Gasteiger partial charge in [0.1, 0.15) is 6.10 Å². The zero-order valence-corrected chi connectivity index (χ0v) is 11.8. The molecule has 20 heavy (non-hydrogen) atoms. The summed E-state index contributed by atoms with van der Waals surface area (Å²) in [6, 6.07) is 8.39. The molecule has 0 saturated carbocycles. The zero-order valence-electron chi connectivity index (χ0n) is 11.8. The van der Waals surface area contributed by atoms with E-state index in [1.54, 1.807) is 0 Å². The van der Waals surface area contributed by atoms with Crippen LogP contribution in [0.15, 0.2) is 36.6 Å². The van der Waals surface area contributed by atoms with Crippen molar-refractivity contribution in [2.45, 2.75) is 51.1 Å². The molecule has 1 aromatic carbocycles. The second-order valence-electron chi connectivity index (χ2n) is 5.38. The molecular formula is C17H22O3. The summed E-state index contributed by atoms with van der Waals surface area (Å²) in [4.78, 5) is 0. The van der Waals surface area contributed by atoms with Crippen molar-refractivity contribution in [2.24, 2.45) is 0 Å². The van der Waals surface area contributed by atoms with Crippen LogP contribution in [0, 0.1) is 0 Å². The van der Waals surface area contributed by atoms with Crippen molar-refractivity contribution in [3.63, 3.8) is 0 Å². The minimum Gasteiger partial charge on any atom is -0.494 e. The average molecular weight is 274 g/mol. The maximum atomic E-state index is 5.90. The Morgan fingerprint density at radius 1 is 1.15 bits per heavy atom. The predicted octanol–water partition coefficient (Wildman–Crippen LogP) is 4.10. The summed E-state index contributed by atoms with van der Waals surface area (Å²) >= 11 is 0. The molecule has 1 fully saturated rings. The molecule has 2 aliphatic rings. The van der Waals surface area contributed by atoms with E-state index in [0.29, 0.717) is 6.61 Å². The lowest BCUT2D eigenvalue weighted by atomic mass is 9.98. The molecule has 3 nitrogen and oxygen atoms in total. The van der Waals surface area contributed by atoms with E-state index in [9.17, 15) is 0 Å². The van der Waals surface area contributed by atoms with E-state index < -0.39 is 0 Å². The highest BCUT2D eigenvalue weighted by Crippen LogP contribution is 2.30. The van der Waals surface area contributed by atoms with Gasteiger partial charge in [0, 0.05) is 6.61 Å². The lowest BCUT2D eigenvalue weighted by molar-refractivity contribution is -0.169. The van der Waals surface area contributed by atoms with Gasteiger partial charge in [-0.3, -0.25) is 0 Å². The van der Waals surface area contributed by atoms with E-state index >= 15 is 0 Å². The second-order valence-corrected chi connectivity index (χ2v) is 5.38. The van der Waals surface area contributed by atoms with Crippen LogP contribution in [0.2, 0.25) is 0 Å². The number of ether oxygens (including phenoxy) is 3. The zero-order chi connectivity index (χ0) is 13.6. The fourth-order valence-corrected chi connectivity index (χ4v) is 2.77. The molecule has 3 heteroatoms. The van der Waals surface area contributed by atoms with E-state index in [2.05, 4.69) is 30.3 Å². The quantitative estimate of drug-likeness (QED) is 0.827. The highest BCUT2D eigenvalue weighted by atomic mass is 16.7. The van der Waals surface area contributed by atoms with Crippen LogP contribution in [0.4, 0.5) is 0 Å². The van der Waals surface area contributed by atoms with Gasteiger partial charge in [-0.2, -0.15) is 0 Å². The summed E-state index contributed by atoms with van der Waals surface area (Å²) in [6.07, 6.45) is 9.48. The highest BCUT2D eigenvalue weighted by Gasteiger charge is 2.19. The summed E-state index contributed by atoms with van der Waals surface area (Å²) in [5.74, 6) is 0. The summed E-state index contributed by atoms with van der Waals surface area (Å²) in [6.45, 7) is 1.42. The summed E-state index contributed by atoms with van der Waals surface area (Å²) in [7, 11) is 0. The van der Waals surface area contributed by atoms with Crippen LogP contribution in [-0.2, 0) is 20.8 Å². The maximum Gasteiger partial charge on any atom is 0.158 e. The molecule has 0 aliphatic carbocycles. The van der Waals surface area contributed by atoms with Crippen LogP contribution >= 0.6 is 0 Å². The van der Waals surface area contributed by atoms with Gasteiger partial charge in [0.15, 0.2) is 6.29 Å². The van der Waals surface area contributed by atoms with Crippen LogP contribution in [0.5, 0.6) is 0 Å². The van der Waals surface area contributed by atoms with Gasteiger partial charge in [-0.05, 0) is 49.3 Å². The van der Waals surface area contributed by atoms with Gasteiger partial charge < -0.3 is 14.2 Å². The standard InChI is InChI=1S/C17H22O3/c1-2-8-15(16-9-3-5-11-18-16)14(7-1)13-20-17-10-4-6-12-19-17/h1-2,5,7-8,11,16-17H,3-4,6,9-10,12-13H2. The van der Waals surface area contributed by atoms with Gasteiger partial charge in [0.2, 0.25) is 0 Å². The first-order valence-electron chi connectivity index (χ1n) is 7.55. The first kappa shape index (κ1) is 13.7. The third-order valence-corrected chi connectivity index (χ3v) is 3.90. The monoisotopic (exact) mass is 274 g/mol. The van der Waals surface area contributed by atoms with Crippen LogP contribution in [0.25, 0.3) is 0 Å². The molecule has 0 bridgehead atoms. The van der Waals surface area contributed by atoms with E-state index in [1.807, 2.05) is 6.26 Å². The smallest absolute Gasteiger partial charge is 0.158 e. The van der Waals surface area contributed by atoms with Crippen molar-refractivity contribution >= 4 is 0 Å². The minimum atomic E-state index is -0.0380. The van der Waals surface area contributed by atoms with Crippen molar-refractivity contribution in [1.29, 1.82) is 0 Å². The van der Waals surface area contributed by atoms with Crippen LogP contribution in [0.3, 0.4) is 0 Å². The van der Waals surface area contributed by atoms with Gasteiger partial charge in [0.05, 0.1) is 12.9 Å². The van der Waals surface area contributed by atoms with Crippen molar-refractivity contribution in [3.8, 4) is 0 Å². The van der Waals surface area contributed by atoms with Gasteiger partial charge >= 0.3 is 0 Å². The predicted molar refractivity (Wildman–Crippen MR) is 77.0 cm³/mol. The van der Waals surface area contributed by atoms with E-state index in [-0.39, 0.29) is 12.4 Å². The Morgan fingerprint density at radius 3 is 2.90 bits per heavy atom. The molecule has 3 rings (SSSR count). The maximum absolute atomic E-state index is 5.90. The number of allylic oxidation sites excluding steroid dienone is 1. The first-order valence-corrected chi connectivity index (χ1v) is 7.55. The number of benzene rings is 1. The van der Waals surface area contributed by atoms with Gasteiger partial charge in [-0.15, -0.1) is 0 Å². The van der Waals surface area contributed by atoms with Crippen molar-refractivity contribution < 1.29 is 14.2 Å². The molecule has 0 aromatic heterocycles.